The van der Waals surface area contributed by atoms with E-state index < -0.39 is 44.4 Å². The summed E-state index contributed by atoms with van der Waals surface area (Å²) in [6, 6.07) is 6.80. The van der Waals surface area contributed by atoms with E-state index in [2.05, 4.69) is 5.32 Å². The van der Waals surface area contributed by atoms with Crippen molar-refractivity contribution in [2.45, 2.75) is 29.5 Å². The molecule has 0 aliphatic heterocycles. The molecular weight excluding hydrogens is 458 g/mol. The second-order valence-corrected chi connectivity index (χ2v) is 10.3. The molecule has 0 unspecified atom stereocenters. The molecule has 0 aliphatic carbocycles. The lowest BCUT2D eigenvalue weighted by Gasteiger charge is -2.14. The number of aryl methyl sites for hydroxylation is 2. The first-order valence-electron chi connectivity index (χ1n) is 8.47. The van der Waals surface area contributed by atoms with Gasteiger partial charge in [0.2, 0.25) is 15.7 Å². The normalized spacial score (nSPS) is 11.5. The summed E-state index contributed by atoms with van der Waals surface area (Å²) in [4.78, 5) is 24.9. The van der Waals surface area contributed by atoms with E-state index in [0.717, 1.165) is 28.0 Å². The van der Waals surface area contributed by atoms with Crippen molar-refractivity contribution in [3.8, 4) is 0 Å². The van der Waals surface area contributed by atoms with Crippen LogP contribution < -0.4 is 10.9 Å². The third-order valence-corrected chi connectivity index (χ3v) is 7.87. The number of carbonyl (C=O) groups excluding carboxylic acids is 1. The van der Waals surface area contributed by atoms with E-state index in [0.29, 0.717) is 11.8 Å². The summed E-state index contributed by atoms with van der Waals surface area (Å²) in [5, 5.41) is 2.24. The molecule has 2 heterocycles. The third kappa shape index (κ3) is 4.30. The average molecular weight is 473 g/mol. The van der Waals surface area contributed by atoms with Gasteiger partial charge in [0.05, 0.1) is 10.0 Å². The zero-order valence-corrected chi connectivity index (χ0v) is 18.1. The number of amides is 1. The number of carbonyl (C=O) groups is 1. The number of benzene rings is 1. The smallest absolute Gasteiger partial charge is 0.270 e. The van der Waals surface area contributed by atoms with Gasteiger partial charge in [-0.2, -0.15) is 0 Å². The molecule has 30 heavy (non-hydrogen) atoms. The van der Waals surface area contributed by atoms with Gasteiger partial charge in [-0.25, -0.2) is 17.2 Å². The number of anilines is 1. The highest BCUT2D eigenvalue weighted by molar-refractivity contribution is 7.93. The van der Waals surface area contributed by atoms with E-state index in [9.17, 15) is 26.8 Å². The van der Waals surface area contributed by atoms with Crippen molar-refractivity contribution >= 4 is 44.4 Å². The SMILES string of the molecule is Cc1cc(C)n(CC(=O)Nc2ccc(F)cc2F)c(=O)c1S(=O)(=O)c1ccc(Cl)s1. The van der Waals surface area contributed by atoms with Gasteiger partial charge in [-0.3, -0.25) is 9.59 Å². The average Bonchev–Trinajstić information content (AvgIpc) is 3.08. The largest absolute Gasteiger partial charge is 0.322 e. The maximum atomic E-state index is 13.8. The first-order valence-corrected chi connectivity index (χ1v) is 11.1. The van der Waals surface area contributed by atoms with E-state index >= 15 is 0 Å². The minimum absolute atomic E-state index is 0.0964. The van der Waals surface area contributed by atoms with Crippen LogP contribution in [0.15, 0.2) is 50.3 Å². The lowest BCUT2D eigenvalue weighted by Crippen LogP contribution is -2.33. The first kappa shape index (κ1) is 22.1. The van der Waals surface area contributed by atoms with Crippen LogP contribution in [-0.4, -0.2) is 18.9 Å². The molecule has 1 amide bonds. The predicted octanol–water partition coefficient (Wildman–Crippen LogP) is 3.93. The van der Waals surface area contributed by atoms with Crippen LogP contribution in [0.25, 0.3) is 0 Å². The molecule has 0 aliphatic rings. The Kier molecular flexibility index (Phi) is 6.11. The highest BCUT2D eigenvalue weighted by Gasteiger charge is 2.27. The Morgan fingerprint density at radius 3 is 2.47 bits per heavy atom. The highest BCUT2D eigenvalue weighted by Crippen LogP contribution is 2.30. The zero-order chi connectivity index (χ0) is 22.2. The van der Waals surface area contributed by atoms with Crippen molar-refractivity contribution in [2.24, 2.45) is 0 Å². The Morgan fingerprint density at radius 1 is 1.17 bits per heavy atom. The third-order valence-electron chi connectivity index (χ3n) is 4.24. The molecule has 1 N–H and O–H groups in total. The Bertz CT molecular complexity index is 1320. The van der Waals surface area contributed by atoms with Gasteiger partial charge in [0.1, 0.15) is 27.3 Å². The van der Waals surface area contributed by atoms with Gasteiger partial charge in [0, 0.05) is 11.8 Å². The minimum atomic E-state index is -4.16. The molecule has 0 radical (unpaired) electrons. The van der Waals surface area contributed by atoms with E-state index in [4.69, 9.17) is 11.6 Å². The lowest BCUT2D eigenvalue weighted by atomic mass is 10.2. The maximum absolute atomic E-state index is 13.8. The van der Waals surface area contributed by atoms with Gasteiger partial charge in [-0.15, -0.1) is 11.3 Å². The van der Waals surface area contributed by atoms with Crippen molar-refractivity contribution in [3.63, 3.8) is 0 Å². The number of rotatable bonds is 5. The van der Waals surface area contributed by atoms with Crippen molar-refractivity contribution in [1.82, 2.24) is 4.57 Å². The quantitative estimate of drug-likeness (QED) is 0.609. The number of hydrogen-bond donors (Lipinski definition) is 1. The summed E-state index contributed by atoms with van der Waals surface area (Å²) in [7, 11) is -4.16. The number of pyridine rings is 1. The molecule has 0 atom stereocenters. The monoisotopic (exact) mass is 472 g/mol. The molecule has 1 aromatic carbocycles. The Hall–Kier alpha value is -2.56. The van der Waals surface area contributed by atoms with Crippen molar-refractivity contribution in [1.29, 1.82) is 0 Å². The molecule has 0 saturated carbocycles. The van der Waals surface area contributed by atoms with Crippen LogP contribution in [0.2, 0.25) is 4.34 Å². The van der Waals surface area contributed by atoms with Crippen LogP contribution in [0.4, 0.5) is 14.5 Å². The molecular formula is C19H15ClF2N2O4S2. The standard InChI is InChI=1S/C19H15ClF2N2O4S2/c1-10-7-11(2)24(9-16(25)23-14-4-3-12(21)8-13(14)22)19(26)18(10)30(27,28)17-6-5-15(20)29-17/h3-8H,9H2,1-2H3,(H,23,25). The molecule has 0 spiro atoms. The number of halogens is 3. The van der Waals surface area contributed by atoms with Crippen molar-refractivity contribution in [2.75, 3.05) is 5.32 Å². The Morgan fingerprint density at radius 2 is 1.87 bits per heavy atom. The summed E-state index contributed by atoms with van der Waals surface area (Å²) in [6.45, 7) is 2.46. The fraction of sp³-hybridized carbons (Fsp3) is 0.158. The number of nitrogens with zero attached hydrogens (tertiary/aromatic N) is 1. The van der Waals surface area contributed by atoms with Crippen LogP contribution in [0.5, 0.6) is 0 Å². The molecule has 3 aromatic rings. The topological polar surface area (TPSA) is 85.2 Å². The maximum Gasteiger partial charge on any atom is 0.270 e. The minimum Gasteiger partial charge on any atom is -0.322 e. The second-order valence-electron chi connectivity index (χ2n) is 6.42. The lowest BCUT2D eigenvalue weighted by molar-refractivity contribution is -0.116. The van der Waals surface area contributed by atoms with Gasteiger partial charge >= 0.3 is 0 Å². The highest BCUT2D eigenvalue weighted by atomic mass is 35.5. The summed E-state index contributed by atoms with van der Waals surface area (Å²) in [5.41, 5.74) is -0.578. The van der Waals surface area contributed by atoms with Crippen LogP contribution in [0.3, 0.4) is 0 Å². The van der Waals surface area contributed by atoms with Crippen LogP contribution >= 0.6 is 22.9 Å². The number of aromatic nitrogens is 1. The number of hydrogen-bond acceptors (Lipinski definition) is 5. The number of sulfone groups is 1. The Balaban J connectivity index is 1.99. The second kappa shape index (κ2) is 8.29. The molecule has 2 aromatic heterocycles. The van der Waals surface area contributed by atoms with E-state index in [1.165, 1.54) is 25.1 Å². The molecule has 0 bridgehead atoms. The van der Waals surface area contributed by atoms with Gasteiger partial charge in [0.15, 0.2) is 0 Å². The van der Waals surface area contributed by atoms with Crippen molar-refractivity contribution < 1.29 is 22.0 Å². The van der Waals surface area contributed by atoms with Gasteiger partial charge in [-0.05, 0) is 49.7 Å². The molecule has 11 heteroatoms. The molecule has 158 valence electrons. The fourth-order valence-electron chi connectivity index (χ4n) is 2.90. The molecule has 0 saturated heterocycles. The predicted molar refractivity (Wildman–Crippen MR) is 110 cm³/mol. The fourth-order valence-corrected chi connectivity index (χ4v) is 6.04. The van der Waals surface area contributed by atoms with E-state index in [1.807, 2.05) is 0 Å². The van der Waals surface area contributed by atoms with Crippen LogP contribution in [0.1, 0.15) is 11.3 Å². The summed E-state index contributed by atoms with van der Waals surface area (Å²) in [5.74, 6) is -2.56. The van der Waals surface area contributed by atoms with Gasteiger partial charge in [-0.1, -0.05) is 11.6 Å². The van der Waals surface area contributed by atoms with Gasteiger partial charge < -0.3 is 9.88 Å². The summed E-state index contributed by atoms with van der Waals surface area (Å²) in [6.07, 6.45) is 0. The first-order chi connectivity index (χ1) is 14.0. The molecule has 0 fully saturated rings. The molecule has 6 nitrogen and oxygen atoms in total. The molecule has 3 rings (SSSR count). The Labute approximate surface area is 179 Å². The van der Waals surface area contributed by atoms with E-state index in [1.54, 1.807) is 6.92 Å². The van der Waals surface area contributed by atoms with Crippen molar-refractivity contribution in [3.05, 3.63) is 74.0 Å². The van der Waals surface area contributed by atoms with Gasteiger partial charge in [0.25, 0.3) is 5.56 Å². The zero-order valence-electron chi connectivity index (χ0n) is 15.7. The number of nitrogens with one attached hydrogen (secondary N) is 1. The van der Waals surface area contributed by atoms with Crippen LogP contribution in [-0.2, 0) is 21.2 Å². The van der Waals surface area contributed by atoms with Crippen LogP contribution in [0, 0.1) is 25.5 Å². The summed E-state index contributed by atoms with van der Waals surface area (Å²) >= 11 is 6.64. The van der Waals surface area contributed by atoms with E-state index in [-0.39, 0.29) is 19.8 Å². The number of thiophene rings is 1. The summed E-state index contributed by atoms with van der Waals surface area (Å²) < 4.78 is 53.8.